The lowest BCUT2D eigenvalue weighted by molar-refractivity contribution is 0.0600. The highest BCUT2D eigenvalue weighted by Crippen LogP contribution is 2.23. The van der Waals surface area contributed by atoms with Gasteiger partial charge in [0.15, 0.2) is 0 Å². The van der Waals surface area contributed by atoms with Crippen molar-refractivity contribution in [3.8, 4) is 0 Å². The third-order valence-electron chi connectivity index (χ3n) is 4.47. The smallest absolute Gasteiger partial charge is 0.337 e. The zero-order valence-electron chi connectivity index (χ0n) is 13.9. The molecule has 1 aromatic carbocycles. The summed E-state index contributed by atoms with van der Waals surface area (Å²) >= 11 is 0. The molecule has 7 heteroatoms. The fourth-order valence-corrected chi connectivity index (χ4v) is 4.26. The summed E-state index contributed by atoms with van der Waals surface area (Å²) < 4.78 is 31.5. The molecule has 0 aliphatic carbocycles. The molecular weight excluding hydrogens is 316 g/mol. The van der Waals surface area contributed by atoms with Gasteiger partial charge in [0, 0.05) is 13.1 Å². The number of carbonyl (C=O) groups excluding carboxylic acids is 1. The average Bonchev–Trinajstić information content (AvgIpc) is 2.60. The van der Waals surface area contributed by atoms with Crippen molar-refractivity contribution in [2.45, 2.75) is 30.7 Å². The highest BCUT2D eigenvalue weighted by atomic mass is 32.2. The van der Waals surface area contributed by atoms with E-state index in [1.54, 1.807) is 7.05 Å². The third-order valence-corrected chi connectivity index (χ3v) is 6.40. The van der Waals surface area contributed by atoms with Gasteiger partial charge in [-0.3, -0.25) is 0 Å². The Morgan fingerprint density at radius 3 is 2.30 bits per heavy atom. The first-order valence-electron chi connectivity index (χ1n) is 7.79. The summed E-state index contributed by atoms with van der Waals surface area (Å²) in [5, 5.41) is 0. The first-order chi connectivity index (χ1) is 10.9. The van der Waals surface area contributed by atoms with Gasteiger partial charge in [-0.2, -0.15) is 4.31 Å². The zero-order chi connectivity index (χ0) is 17.0. The number of rotatable bonds is 5. The number of esters is 1. The van der Waals surface area contributed by atoms with E-state index in [0.29, 0.717) is 5.56 Å². The van der Waals surface area contributed by atoms with Crippen molar-refractivity contribution in [3.63, 3.8) is 0 Å². The molecule has 23 heavy (non-hydrogen) atoms. The SMILES string of the molecule is CCN1CCC(N(C)S(=O)(=O)c2ccc(C(=O)OC)cc2)CC1. The second kappa shape index (κ2) is 7.42. The van der Waals surface area contributed by atoms with E-state index in [1.807, 2.05) is 0 Å². The van der Waals surface area contributed by atoms with Crippen LogP contribution in [0.15, 0.2) is 29.2 Å². The summed E-state index contributed by atoms with van der Waals surface area (Å²) in [6.07, 6.45) is 1.67. The number of piperidine rings is 1. The number of hydrogen-bond acceptors (Lipinski definition) is 5. The molecule has 0 N–H and O–H groups in total. The van der Waals surface area contributed by atoms with Crippen LogP contribution in [0.1, 0.15) is 30.1 Å². The fourth-order valence-electron chi connectivity index (χ4n) is 2.84. The van der Waals surface area contributed by atoms with Crippen molar-refractivity contribution in [2.24, 2.45) is 0 Å². The van der Waals surface area contributed by atoms with Gasteiger partial charge < -0.3 is 9.64 Å². The Hall–Kier alpha value is -1.44. The lowest BCUT2D eigenvalue weighted by Gasteiger charge is -2.35. The van der Waals surface area contributed by atoms with Crippen molar-refractivity contribution in [3.05, 3.63) is 29.8 Å². The van der Waals surface area contributed by atoms with Gasteiger partial charge in [-0.1, -0.05) is 6.92 Å². The van der Waals surface area contributed by atoms with Gasteiger partial charge in [-0.25, -0.2) is 13.2 Å². The van der Waals surface area contributed by atoms with E-state index < -0.39 is 16.0 Å². The molecule has 1 aliphatic rings. The number of sulfonamides is 1. The van der Waals surface area contributed by atoms with Gasteiger partial charge in [0.2, 0.25) is 10.0 Å². The maximum absolute atomic E-state index is 12.7. The molecule has 0 aromatic heterocycles. The van der Waals surface area contributed by atoms with Crippen LogP contribution in [0.4, 0.5) is 0 Å². The molecule has 2 rings (SSSR count). The van der Waals surface area contributed by atoms with E-state index >= 15 is 0 Å². The van der Waals surface area contributed by atoms with Gasteiger partial charge in [0.25, 0.3) is 0 Å². The van der Waals surface area contributed by atoms with Crippen molar-refractivity contribution < 1.29 is 17.9 Å². The molecule has 0 spiro atoms. The zero-order valence-corrected chi connectivity index (χ0v) is 14.7. The summed E-state index contributed by atoms with van der Waals surface area (Å²) in [5.41, 5.74) is 0.338. The molecule has 0 bridgehead atoms. The van der Waals surface area contributed by atoms with E-state index in [9.17, 15) is 13.2 Å². The van der Waals surface area contributed by atoms with Crippen LogP contribution in [-0.2, 0) is 14.8 Å². The lowest BCUT2D eigenvalue weighted by atomic mass is 10.1. The minimum atomic E-state index is -3.55. The number of benzene rings is 1. The predicted molar refractivity (Wildman–Crippen MR) is 87.9 cm³/mol. The normalized spacial score (nSPS) is 17.4. The quantitative estimate of drug-likeness (QED) is 0.761. The van der Waals surface area contributed by atoms with E-state index in [0.717, 1.165) is 32.5 Å². The van der Waals surface area contributed by atoms with E-state index in [2.05, 4.69) is 16.6 Å². The number of likely N-dealkylation sites (tertiary alicyclic amines) is 1. The maximum Gasteiger partial charge on any atom is 0.337 e. The Morgan fingerprint density at radius 2 is 1.83 bits per heavy atom. The highest BCUT2D eigenvalue weighted by molar-refractivity contribution is 7.89. The second-order valence-electron chi connectivity index (χ2n) is 5.70. The van der Waals surface area contributed by atoms with Crippen LogP contribution in [0.5, 0.6) is 0 Å². The molecule has 1 saturated heterocycles. The molecule has 128 valence electrons. The summed E-state index contributed by atoms with van der Waals surface area (Å²) in [6, 6.07) is 5.89. The molecule has 0 amide bonds. The van der Waals surface area contributed by atoms with Gasteiger partial charge in [-0.05, 0) is 56.7 Å². The highest BCUT2D eigenvalue weighted by Gasteiger charge is 2.30. The Bertz CT molecular complexity index is 635. The monoisotopic (exact) mass is 340 g/mol. The minimum absolute atomic E-state index is 0.0167. The molecule has 1 heterocycles. The molecular formula is C16H24N2O4S. The van der Waals surface area contributed by atoms with E-state index in [-0.39, 0.29) is 10.9 Å². The number of carbonyl (C=O) groups is 1. The molecule has 1 fully saturated rings. The molecule has 0 atom stereocenters. The van der Waals surface area contributed by atoms with Crippen molar-refractivity contribution >= 4 is 16.0 Å². The summed E-state index contributed by atoms with van der Waals surface area (Å²) in [4.78, 5) is 13.9. The standard InChI is InChI=1S/C16H24N2O4S/c1-4-18-11-9-14(10-12-18)17(2)23(20,21)15-7-5-13(6-8-15)16(19)22-3/h5-8,14H,4,9-12H2,1-3H3. The van der Waals surface area contributed by atoms with Crippen LogP contribution in [0.3, 0.4) is 0 Å². The number of nitrogens with zero attached hydrogens (tertiary/aromatic N) is 2. The molecule has 0 saturated carbocycles. The van der Waals surface area contributed by atoms with Crippen LogP contribution >= 0.6 is 0 Å². The van der Waals surface area contributed by atoms with Crippen molar-refractivity contribution in [1.29, 1.82) is 0 Å². The number of methoxy groups -OCH3 is 1. The Balaban J connectivity index is 2.13. The van der Waals surface area contributed by atoms with Crippen LogP contribution in [0, 0.1) is 0 Å². The molecule has 1 aromatic rings. The van der Waals surface area contributed by atoms with E-state index in [4.69, 9.17) is 0 Å². The molecule has 1 aliphatic heterocycles. The summed E-state index contributed by atoms with van der Waals surface area (Å²) in [7, 11) is -0.619. The van der Waals surface area contributed by atoms with Gasteiger partial charge in [0.1, 0.15) is 0 Å². The van der Waals surface area contributed by atoms with Crippen molar-refractivity contribution in [2.75, 3.05) is 33.8 Å². The third kappa shape index (κ3) is 3.91. The molecule has 0 unspecified atom stereocenters. The van der Waals surface area contributed by atoms with E-state index in [1.165, 1.54) is 35.7 Å². The lowest BCUT2D eigenvalue weighted by Crippen LogP contribution is -2.45. The van der Waals surface area contributed by atoms with Crippen LogP contribution in [0.25, 0.3) is 0 Å². The average molecular weight is 340 g/mol. The van der Waals surface area contributed by atoms with Crippen molar-refractivity contribution in [1.82, 2.24) is 9.21 Å². The largest absolute Gasteiger partial charge is 0.465 e. The Kier molecular flexibility index (Phi) is 5.78. The molecule has 0 radical (unpaired) electrons. The topological polar surface area (TPSA) is 66.9 Å². The summed E-state index contributed by atoms with van der Waals surface area (Å²) in [6.45, 7) is 4.95. The number of ether oxygens (including phenoxy) is 1. The minimum Gasteiger partial charge on any atom is -0.465 e. The van der Waals surface area contributed by atoms with Gasteiger partial charge in [-0.15, -0.1) is 0 Å². The Morgan fingerprint density at radius 1 is 1.26 bits per heavy atom. The Labute approximate surface area is 138 Å². The maximum atomic E-state index is 12.7. The van der Waals surface area contributed by atoms with Crippen LogP contribution in [-0.4, -0.2) is 63.4 Å². The van der Waals surface area contributed by atoms with Crippen LogP contribution in [0.2, 0.25) is 0 Å². The molecule has 6 nitrogen and oxygen atoms in total. The number of hydrogen-bond donors (Lipinski definition) is 0. The first-order valence-corrected chi connectivity index (χ1v) is 9.23. The van der Waals surface area contributed by atoms with Gasteiger partial charge in [0.05, 0.1) is 17.6 Å². The summed E-state index contributed by atoms with van der Waals surface area (Å²) in [5.74, 6) is -0.478. The first kappa shape index (κ1) is 17.9. The van der Waals surface area contributed by atoms with Gasteiger partial charge >= 0.3 is 5.97 Å². The second-order valence-corrected chi connectivity index (χ2v) is 7.70. The van der Waals surface area contributed by atoms with Crippen LogP contribution < -0.4 is 0 Å². The predicted octanol–water partition coefficient (Wildman–Crippen LogP) is 1.58. The fraction of sp³-hybridized carbons (Fsp3) is 0.562.